The van der Waals surface area contributed by atoms with Crippen LogP contribution < -0.4 is 10.5 Å². The number of hydrogen-bond donors (Lipinski definition) is 1. The molecule has 0 bridgehead atoms. The van der Waals surface area contributed by atoms with Gasteiger partial charge in [-0.15, -0.1) is 0 Å². The Morgan fingerprint density at radius 1 is 1.27 bits per heavy atom. The summed E-state index contributed by atoms with van der Waals surface area (Å²) in [4.78, 5) is 0. The van der Waals surface area contributed by atoms with Crippen molar-refractivity contribution in [3.05, 3.63) is 63.9 Å². The molecule has 1 unspecified atom stereocenters. The van der Waals surface area contributed by atoms with Crippen molar-refractivity contribution in [2.45, 2.75) is 25.7 Å². The van der Waals surface area contributed by atoms with E-state index in [9.17, 15) is 4.39 Å². The Kier molecular flexibility index (Phi) is 5.81. The zero-order valence-electron chi connectivity index (χ0n) is 12.9. The first-order chi connectivity index (χ1) is 10.6. The van der Waals surface area contributed by atoms with Gasteiger partial charge in [0.1, 0.15) is 11.6 Å². The molecule has 2 rings (SSSR count). The van der Waals surface area contributed by atoms with Crippen LogP contribution in [0, 0.1) is 5.82 Å². The average Bonchev–Trinajstić information content (AvgIpc) is 2.53. The Hall–Kier alpha value is -1.58. The summed E-state index contributed by atoms with van der Waals surface area (Å²) < 4.78 is 19.4. The number of methoxy groups -OCH3 is 1. The molecule has 0 aliphatic rings. The van der Waals surface area contributed by atoms with Gasteiger partial charge in [-0.1, -0.05) is 36.7 Å². The summed E-state index contributed by atoms with van der Waals surface area (Å²) in [5, 5.41) is 0.430. The lowest BCUT2D eigenvalue weighted by Crippen LogP contribution is -2.17. The monoisotopic (exact) mass is 321 g/mol. The minimum absolute atomic E-state index is 0.146. The second-order valence-corrected chi connectivity index (χ2v) is 5.68. The summed E-state index contributed by atoms with van der Waals surface area (Å²) in [5.41, 5.74) is 8.61. The van der Waals surface area contributed by atoms with Crippen LogP contribution in [0.5, 0.6) is 5.75 Å². The lowest BCUT2D eigenvalue weighted by Gasteiger charge is -2.18. The fourth-order valence-electron chi connectivity index (χ4n) is 2.72. The molecule has 0 saturated heterocycles. The molecule has 2 nitrogen and oxygen atoms in total. The number of benzene rings is 2. The predicted octanol–water partition coefficient (Wildman–Crippen LogP) is 4.34. The highest BCUT2D eigenvalue weighted by Gasteiger charge is 2.18. The van der Waals surface area contributed by atoms with Gasteiger partial charge in [0.25, 0.3) is 0 Å². The van der Waals surface area contributed by atoms with E-state index in [0.717, 1.165) is 23.3 Å². The van der Waals surface area contributed by atoms with E-state index in [2.05, 4.69) is 13.0 Å². The van der Waals surface area contributed by atoms with Gasteiger partial charge in [-0.2, -0.15) is 0 Å². The minimum atomic E-state index is -0.299. The lowest BCUT2D eigenvalue weighted by molar-refractivity contribution is 0.410. The number of nitrogens with two attached hydrogens (primary N) is 1. The predicted molar refractivity (Wildman–Crippen MR) is 89.3 cm³/mol. The summed E-state index contributed by atoms with van der Waals surface area (Å²) >= 11 is 6.16. The van der Waals surface area contributed by atoms with E-state index in [1.807, 2.05) is 12.1 Å². The van der Waals surface area contributed by atoms with Crippen LogP contribution in [0.4, 0.5) is 4.39 Å². The molecule has 2 N–H and O–H groups in total. The standard InChI is InChI=1S/C18H21ClFNO/c1-3-13-9-12(7-8-17(13)22-2)10-14(11-21)18-15(19)5-4-6-16(18)20/h4-9,14H,3,10-11,21H2,1-2H3. The van der Waals surface area contributed by atoms with Gasteiger partial charge < -0.3 is 10.5 Å². The van der Waals surface area contributed by atoms with Crippen molar-refractivity contribution >= 4 is 11.6 Å². The fourth-order valence-corrected chi connectivity index (χ4v) is 3.04. The van der Waals surface area contributed by atoms with Crippen LogP contribution in [0.3, 0.4) is 0 Å². The third kappa shape index (κ3) is 3.60. The molecule has 0 aliphatic heterocycles. The first-order valence-corrected chi connectivity index (χ1v) is 7.78. The Morgan fingerprint density at radius 2 is 2.05 bits per heavy atom. The van der Waals surface area contributed by atoms with Gasteiger partial charge in [0, 0.05) is 16.5 Å². The smallest absolute Gasteiger partial charge is 0.128 e. The second-order valence-electron chi connectivity index (χ2n) is 5.27. The molecule has 0 radical (unpaired) electrons. The highest BCUT2D eigenvalue weighted by molar-refractivity contribution is 6.31. The molecule has 0 aromatic heterocycles. The van der Waals surface area contributed by atoms with Gasteiger partial charge in [-0.05, 0) is 48.7 Å². The third-order valence-corrected chi connectivity index (χ3v) is 4.23. The van der Waals surface area contributed by atoms with Crippen molar-refractivity contribution in [3.63, 3.8) is 0 Å². The van der Waals surface area contributed by atoms with Crippen molar-refractivity contribution in [2.75, 3.05) is 13.7 Å². The number of halogens is 2. The molecular weight excluding hydrogens is 301 g/mol. The van der Waals surface area contributed by atoms with Crippen LogP contribution in [0.1, 0.15) is 29.5 Å². The van der Waals surface area contributed by atoms with Crippen molar-refractivity contribution in [1.82, 2.24) is 0 Å². The van der Waals surface area contributed by atoms with E-state index in [4.69, 9.17) is 22.1 Å². The molecule has 0 fully saturated rings. The zero-order chi connectivity index (χ0) is 16.1. The van der Waals surface area contributed by atoms with E-state index in [1.165, 1.54) is 6.07 Å². The maximum atomic E-state index is 14.1. The van der Waals surface area contributed by atoms with Gasteiger partial charge >= 0.3 is 0 Å². The molecule has 118 valence electrons. The van der Waals surface area contributed by atoms with Crippen LogP contribution in [-0.2, 0) is 12.8 Å². The summed E-state index contributed by atoms with van der Waals surface area (Å²) in [5.74, 6) is 0.429. The molecule has 0 heterocycles. The number of ether oxygens (including phenoxy) is 1. The average molecular weight is 322 g/mol. The van der Waals surface area contributed by atoms with Gasteiger partial charge in [-0.3, -0.25) is 0 Å². The van der Waals surface area contributed by atoms with Crippen LogP contribution >= 0.6 is 11.6 Å². The molecule has 0 aliphatic carbocycles. The van der Waals surface area contributed by atoms with Gasteiger partial charge in [0.05, 0.1) is 7.11 Å². The Morgan fingerprint density at radius 3 is 2.64 bits per heavy atom. The van der Waals surface area contributed by atoms with Crippen molar-refractivity contribution < 1.29 is 9.13 Å². The third-order valence-electron chi connectivity index (χ3n) is 3.90. The first-order valence-electron chi connectivity index (χ1n) is 7.40. The Labute approximate surface area is 136 Å². The van der Waals surface area contributed by atoms with Gasteiger partial charge in [0.2, 0.25) is 0 Å². The fraction of sp³-hybridized carbons (Fsp3) is 0.333. The maximum Gasteiger partial charge on any atom is 0.128 e. The largest absolute Gasteiger partial charge is 0.496 e. The van der Waals surface area contributed by atoms with Crippen molar-refractivity contribution in [3.8, 4) is 5.75 Å². The van der Waals surface area contributed by atoms with Crippen molar-refractivity contribution in [1.29, 1.82) is 0 Å². The molecule has 1 atom stereocenters. The summed E-state index contributed by atoms with van der Waals surface area (Å²) in [6.07, 6.45) is 1.53. The van der Waals surface area contributed by atoms with Gasteiger partial charge in [-0.25, -0.2) is 4.39 Å². The van der Waals surface area contributed by atoms with E-state index in [-0.39, 0.29) is 11.7 Å². The number of hydrogen-bond acceptors (Lipinski definition) is 2. The van der Waals surface area contributed by atoms with E-state index in [0.29, 0.717) is 23.6 Å². The highest BCUT2D eigenvalue weighted by Crippen LogP contribution is 2.30. The summed E-state index contributed by atoms with van der Waals surface area (Å²) in [6.45, 7) is 2.42. The molecule has 4 heteroatoms. The molecule has 0 spiro atoms. The highest BCUT2D eigenvalue weighted by atomic mass is 35.5. The number of aryl methyl sites for hydroxylation is 1. The van der Waals surface area contributed by atoms with Crippen LogP contribution in [-0.4, -0.2) is 13.7 Å². The molecule has 0 saturated carbocycles. The Bertz CT molecular complexity index is 625. The van der Waals surface area contributed by atoms with Crippen molar-refractivity contribution in [2.24, 2.45) is 5.73 Å². The maximum absolute atomic E-state index is 14.1. The van der Waals surface area contributed by atoms with Gasteiger partial charge in [0.15, 0.2) is 0 Å². The Balaban J connectivity index is 2.31. The van der Waals surface area contributed by atoms with Crippen LogP contribution in [0.15, 0.2) is 36.4 Å². The molecule has 0 amide bonds. The second kappa shape index (κ2) is 7.61. The minimum Gasteiger partial charge on any atom is -0.496 e. The van der Waals surface area contributed by atoms with E-state index < -0.39 is 0 Å². The topological polar surface area (TPSA) is 35.2 Å². The summed E-state index contributed by atoms with van der Waals surface area (Å²) in [7, 11) is 1.66. The van der Waals surface area contributed by atoms with Crippen LogP contribution in [0.2, 0.25) is 5.02 Å². The zero-order valence-corrected chi connectivity index (χ0v) is 13.7. The summed E-state index contributed by atoms with van der Waals surface area (Å²) in [6, 6.07) is 10.8. The lowest BCUT2D eigenvalue weighted by atomic mass is 9.90. The number of rotatable bonds is 6. The van der Waals surface area contributed by atoms with E-state index in [1.54, 1.807) is 19.2 Å². The molecule has 2 aromatic carbocycles. The normalized spacial score (nSPS) is 12.2. The molecule has 2 aromatic rings. The quantitative estimate of drug-likeness (QED) is 0.859. The molecule has 22 heavy (non-hydrogen) atoms. The first kappa shape index (κ1) is 16.8. The van der Waals surface area contributed by atoms with Crippen LogP contribution in [0.25, 0.3) is 0 Å². The SMILES string of the molecule is CCc1cc(CC(CN)c2c(F)cccc2Cl)ccc1OC. The molecular formula is C18H21ClFNO. The van der Waals surface area contributed by atoms with E-state index >= 15 is 0 Å².